The molecule has 0 bridgehead atoms. The Labute approximate surface area is 435 Å². The van der Waals surface area contributed by atoms with E-state index in [1.165, 1.54) is 212 Å². The van der Waals surface area contributed by atoms with Crippen LogP contribution in [0.4, 0.5) is 0 Å². The molecular formula is C64H118O6. The first kappa shape index (κ1) is 67.6. The molecule has 6 heteroatoms. The molecule has 0 aliphatic heterocycles. The largest absolute Gasteiger partial charge is 0.462 e. The molecular weight excluding hydrogens is 865 g/mol. The molecule has 0 rings (SSSR count). The third kappa shape index (κ3) is 56.5. The molecule has 0 aromatic rings. The molecule has 0 spiro atoms. The highest BCUT2D eigenvalue weighted by Gasteiger charge is 2.19. The number of esters is 3. The van der Waals surface area contributed by atoms with Gasteiger partial charge in [-0.2, -0.15) is 0 Å². The molecule has 0 aliphatic carbocycles. The summed E-state index contributed by atoms with van der Waals surface area (Å²) in [5, 5.41) is 0. The Balaban J connectivity index is 4.28. The Kier molecular flexibility index (Phi) is 57.2. The summed E-state index contributed by atoms with van der Waals surface area (Å²) in [6.45, 7) is 6.61. The second kappa shape index (κ2) is 59.2. The van der Waals surface area contributed by atoms with E-state index in [0.717, 1.165) is 83.5 Å². The van der Waals surface area contributed by atoms with Gasteiger partial charge in [0.2, 0.25) is 0 Å². The van der Waals surface area contributed by atoms with Gasteiger partial charge in [0.1, 0.15) is 13.2 Å². The fourth-order valence-electron chi connectivity index (χ4n) is 9.18. The number of unbranched alkanes of at least 4 members (excludes halogenated alkanes) is 40. The van der Waals surface area contributed by atoms with Gasteiger partial charge in [0.05, 0.1) is 0 Å². The van der Waals surface area contributed by atoms with Crippen LogP contribution in [0.25, 0.3) is 0 Å². The van der Waals surface area contributed by atoms with Crippen LogP contribution in [0, 0.1) is 0 Å². The molecule has 0 radical (unpaired) electrons. The molecule has 0 aromatic heterocycles. The zero-order valence-electron chi connectivity index (χ0n) is 47.1. The molecule has 1 atom stereocenters. The Morgan fingerprint density at radius 2 is 0.543 bits per heavy atom. The number of hydrogen-bond acceptors (Lipinski definition) is 6. The Bertz CT molecular complexity index is 1170. The Hall–Kier alpha value is -2.37. The van der Waals surface area contributed by atoms with Gasteiger partial charge in [0.15, 0.2) is 6.10 Å². The van der Waals surface area contributed by atoms with Crippen molar-refractivity contribution in [1.29, 1.82) is 0 Å². The minimum Gasteiger partial charge on any atom is -0.462 e. The van der Waals surface area contributed by atoms with E-state index in [1.54, 1.807) is 0 Å². The molecule has 6 nitrogen and oxygen atoms in total. The van der Waals surface area contributed by atoms with Crippen LogP contribution in [-0.4, -0.2) is 37.2 Å². The maximum atomic E-state index is 12.9. The quantitative estimate of drug-likeness (QED) is 0.0261. The van der Waals surface area contributed by atoms with E-state index in [1.807, 2.05) is 0 Å². The van der Waals surface area contributed by atoms with Gasteiger partial charge in [-0.25, -0.2) is 0 Å². The van der Waals surface area contributed by atoms with Crippen molar-refractivity contribution in [2.45, 2.75) is 341 Å². The van der Waals surface area contributed by atoms with Gasteiger partial charge in [-0.3, -0.25) is 14.4 Å². The highest BCUT2D eigenvalue weighted by Crippen LogP contribution is 2.17. The molecule has 0 N–H and O–H groups in total. The standard InChI is InChI=1S/C64H118O6/c1-4-7-10-13-16-19-22-25-27-29-30-31-32-33-35-36-39-42-45-48-51-54-57-63(66)69-60-61(59-68-62(65)56-53-50-47-44-41-38-24-21-18-15-12-9-6-3)70-64(67)58-55-52-49-46-43-40-37-34-28-26-23-20-17-14-11-8-5-2/h12,15,21,24,26,28,61H,4-11,13-14,16-20,22-23,25,27,29-60H2,1-3H3/b15-12-,24-21-,28-26-. The first-order chi connectivity index (χ1) is 34.5. The van der Waals surface area contributed by atoms with E-state index in [0.29, 0.717) is 19.3 Å². The highest BCUT2D eigenvalue weighted by atomic mass is 16.6. The summed E-state index contributed by atoms with van der Waals surface area (Å²) in [7, 11) is 0. The van der Waals surface area contributed by atoms with Crippen LogP contribution in [0.2, 0.25) is 0 Å². The van der Waals surface area contributed by atoms with E-state index in [2.05, 4.69) is 57.2 Å². The van der Waals surface area contributed by atoms with Crippen molar-refractivity contribution in [1.82, 2.24) is 0 Å². The fraction of sp³-hybridized carbons (Fsp3) is 0.859. The van der Waals surface area contributed by atoms with Gasteiger partial charge in [-0.1, -0.05) is 282 Å². The van der Waals surface area contributed by atoms with Crippen molar-refractivity contribution in [3.8, 4) is 0 Å². The molecule has 0 aliphatic rings. The average Bonchev–Trinajstić information content (AvgIpc) is 3.36. The normalized spacial score (nSPS) is 12.2. The second-order valence-electron chi connectivity index (χ2n) is 21.0. The highest BCUT2D eigenvalue weighted by molar-refractivity contribution is 5.71. The van der Waals surface area contributed by atoms with Gasteiger partial charge in [0, 0.05) is 19.3 Å². The summed E-state index contributed by atoms with van der Waals surface area (Å²) >= 11 is 0. The zero-order valence-corrected chi connectivity index (χ0v) is 47.1. The predicted molar refractivity (Wildman–Crippen MR) is 302 cm³/mol. The molecule has 70 heavy (non-hydrogen) atoms. The van der Waals surface area contributed by atoms with E-state index >= 15 is 0 Å². The summed E-state index contributed by atoms with van der Waals surface area (Å²) in [5.74, 6) is -0.873. The summed E-state index contributed by atoms with van der Waals surface area (Å²) in [4.78, 5) is 38.2. The average molecular weight is 984 g/mol. The molecule has 0 saturated carbocycles. The monoisotopic (exact) mass is 983 g/mol. The molecule has 0 saturated heterocycles. The minimum absolute atomic E-state index is 0.0745. The number of rotatable bonds is 57. The SMILES string of the molecule is CCC/C=C\C/C=C\CCCCCCCC(=O)OCC(COC(=O)CCCCCCCCCCCCCCCCCCCCCCCC)OC(=O)CCCCCCCCC/C=C\CCCCCCCC. The molecule has 0 fully saturated rings. The minimum atomic E-state index is -0.778. The maximum absolute atomic E-state index is 12.9. The van der Waals surface area contributed by atoms with Crippen molar-refractivity contribution in [2.24, 2.45) is 0 Å². The van der Waals surface area contributed by atoms with Crippen molar-refractivity contribution in [3.63, 3.8) is 0 Å². The van der Waals surface area contributed by atoms with Crippen molar-refractivity contribution < 1.29 is 28.6 Å². The number of allylic oxidation sites excluding steroid dienone is 6. The van der Waals surface area contributed by atoms with Crippen LogP contribution >= 0.6 is 0 Å². The zero-order chi connectivity index (χ0) is 50.7. The third-order valence-corrected chi connectivity index (χ3v) is 13.8. The van der Waals surface area contributed by atoms with Crippen LogP contribution in [0.1, 0.15) is 335 Å². The number of carbonyl (C=O) groups is 3. The summed E-state index contributed by atoms with van der Waals surface area (Å²) in [6.07, 6.45) is 71.5. The number of carbonyl (C=O) groups excluding carboxylic acids is 3. The van der Waals surface area contributed by atoms with Crippen LogP contribution in [0.15, 0.2) is 36.5 Å². The summed E-state index contributed by atoms with van der Waals surface area (Å²) in [5.41, 5.74) is 0. The molecule has 1 unspecified atom stereocenters. The predicted octanol–water partition coefficient (Wildman–Crippen LogP) is 20.8. The van der Waals surface area contributed by atoms with E-state index in [9.17, 15) is 14.4 Å². The van der Waals surface area contributed by atoms with Crippen LogP contribution < -0.4 is 0 Å². The van der Waals surface area contributed by atoms with E-state index < -0.39 is 6.10 Å². The second-order valence-corrected chi connectivity index (χ2v) is 21.0. The Morgan fingerprint density at radius 1 is 0.286 bits per heavy atom. The first-order valence-electron chi connectivity index (χ1n) is 31.0. The van der Waals surface area contributed by atoms with Gasteiger partial charge in [-0.15, -0.1) is 0 Å². The van der Waals surface area contributed by atoms with E-state index in [-0.39, 0.29) is 31.1 Å². The lowest BCUT2D eigenvalue weighted by atomic mass is 10.0. The number of hydrogen-bond donors (Lipinski definition) is 0. The van der Waals surface area contributed by atoms with Crippen LogP contribution in [-0.2, 0) is 28.6 Å². The van der Waals surface area contributed by atoms with Gasteiger partial charge >= 0.3 is 17.9 Å². The van der Waals surface area contributed by atoms with Crippen molar-refractivity contribution in [2.75, 3.05) is 13.2 Å². The van der Waals surface area contributed by atoms with Gasteiger partial charge in [-0.05, 0) is 70.6 Å². The molecule has 0 aromatic carbocycles. The third-order valence-electron chi connectivity index (χ3n) is 13.8. The lowest BCUT2D eigenvalue weighted by molar-refractivity contribution is -0.167. The topological polar surface area (TPSA) is 78.9 Å². The van der Waals surface area contributed by atoms with Gasteiger partial charge in [0.25, 0.3) is 0 Å². The molecule has 0 amide bonds. The molecule has 0 heterocycles. The lowest BCUT2D eigenvalue weighted by Crippen LogP contribution is -2.30. The van der Waals surface area contributed by atoms with Crippen molar-refractivity contribution in [3.05, 3.63) is 36.5 Å². The summed E-state index contributed by atoms with van der Waals surface area (Å²) < 4.78 is 16.9. The smallest absolute Gasteiger partial charge is 0.306 e. The van der Waals surface area contributed by atoms with Crippen LogP contribution in [0.5, 0.6) is 0 Å². The molecule has 410 valence electrons. The fourth-order valence-corrected chi connectivity index (χ4v) is 9.18. The summed E-state index contributed by atoms with van der Waals surface area (Å²) in [6, 6.07) is 0. The lowest BCUT2D eigenvalue weighted by Gasteiger charge is -2.18. The maximum Gasteiger partial charge on any atom is 0.306 e. The van der Waals surface area contributed by atoms with E-state index in [4.69, 9.17) is 14.2 Å². The first-order valence-corrected chi connectivity index (χ1v) is 31.0. The van der Waals surface area contributed by atoms with Crippen molar-refractivity contribution >= 4 is 17.9 Å². The number of ether oxygens (including phenoxy) is 3. The van der Waals surface area contributed by atoms with Crippen LogP contribution in [0.3, 0.4) is 0 Å². The van der Waals surface area contributed by atoms with Gasteiger partial charge < -0.3 is 14.2 Å². The Morgan fingerprint density at radius 3 is 0.857 bits per heavy atom.